The fourth-order valence-electron chi connectivity index (χ4n) is 17.5. The van der Waals surface area contributed by atoms with Crippen molar-refractivity contribution >= 4 is 10.1 Å². The van der Waals surface area contributed by atoms with E-state index in [-0.39, 0.29) is 91.4 Å². The molecule has 0 heterocycles. The number of aryl methyl sites for hydroxylation is 1. The lowest BCUT2D eigenvalue weighted by atomic mass is 9.43. The van der Waals surface area contributed by atoms with Crippen molar-refractivity contribution in [2.24, 2.45) is 92.7 Å². The van der Waals surface area contributed by atoms with Crippen molar-refractivity contribution in [1.82, 2.24) is 0 Å². The first-order valence-electron chi connectivity index (χ1n) is 24.6. The van der Waals surface area contributed by atoms with Crippen LogP contribution >= 0.6 is 0 Å². The smallest absolute Gasteiger partial charge is 0.296 e. The summed E-state index contributed by atoms with van der Waals surface area (Å²) < 4.78 is 31.1. The number of aliphatic hydroxyl groups is 5. The zero-order valence-corrected chi connectivity index (χ0v) is 39.0. The first-order chi connectivity index (χ1) is 28.3. The minimum atomic E-state index is -3.79. The first-order valence-corrected chi connectivity index (χ1v) is 26.0. The average molecular weight is 887 g/mol. The molecule has 6 unspecified atom stereocenters. The molecular weight excluding hydrogens is 797 g/mol. The molecule has 0 radical (unpaired) electrons. The molecule has 8 saturated carbocycles. The van der Waals surface area contributed by atoms with Crippen molar-refractivity contribution in [3.05, 3.63) is 29.8 Å². The Kier molecular flexibility index (Phi) is 15.1. The molecule has 9 rings (SSSR count). The van der Waals surface area contributed by atoms with Gasteiger partial charge in [-0.25, -0.2) is 0 Å². The minimum Gasteiger partial charge on any atom is -0.396 e. The number of hydrogen-bond donors (Lipinski definition) is 5. The Labute approximate surface area is 377 Å². The van der Waals surface area contributed by atoms with Crippen LogP contribution in [0.15, 0.2) is 29.2 Å². The summed E-state index contributed by atoms with van der Waals surface area (Å²) in [4.78, 5) is 0.203. The highest BCUT2D eigenvalue weighted by molar-refractivity contribution is 7.86. The molecule has 8 nitrogen and oxygen atoms in total. The van der Waals surface area contributed by atoms with Gasteiger partial charge in [-0.05, 0) is 214 Å². The average Bonchev–Trinajstić information content (AvgIpc) is 3.77. The Hall–Kier alpha value is -1.07. The maximum Gasteiger partial charge on any atom is 0.296 e. The van der Waals surface area contributed by atoms with Gasteiger partial charge in [0.15, 0.2) is 0 Å². The van der Waals surface area contributed by atoms with E-state index in [2.05, 4.69) is 41.5 Å². The van der Waals surface area contributed by atoms with Crippen molar-refractivity contribution in [2.45, 2.75) is 195 Å². The molecule has 8 aliphatic carbocycles. The molecule has 8 aliphatic rings. The number of hydrogen-bond acceptors (Lipinski definition) is 8. The van der Waals surface area contributed by atoms with Crippen LogP contribution in [0.4, 0.5) is 0 Å². The Morgan fingerprint density at radius 1 is 0.613 bits per heavy atom. The monoisotopic (exact) mass is 887 g/mol. The topological polar surface area (TPSA) is 145 Å². The van der Waals surface area contributed by atoms with Gasteiger partial charge in [0.25, 0.3) is 10.1 Å². The zero-order valence-electron chi connectivity index (χ0n) is 38.1. The SMILES string of the molecule is C.C.C[C@H](CO)[C@H]1CCC2C3CC[C@@H]4C[C@H](O)CC[C@]4(C)C3C[C@H](O)[C@@]21C.Cc1ccc(S(=O)(=O)OC[C@@H](C)[C@H]2CCC3C4CC[C@@H]5C[C@H](O)CC[C@]5(C)C4C[C@H](O)[C@@]32C)cc1. The van der Waals surface area contributed by atoms with E-state index in [0.29, 0.717) is 52.8 Å². The summed E-state index contributed by atoms with van der Waals surface area (Å²) in [5.74, 6) is 5.84. The molecule has 62 heavy (non-hydrogen) atoms. The second-order valence-corrected chi connectivity index (χ2v) is 25.1. The summed E-state index contributed by atoms with van der Waals surface area (Å²) >= 11 is 0. The predicted octanol–water partition coefficient (Wildman–Crippen LogP) is 10.2. The normalized spacial score (nSPS) is 47.8. The van der Waals surface area contributed by atoms with Crippen LogP contribution in [0.2, 0.25) is 0 Å². The number of benzene rings is 1. The summed E-state index contributed by atoms with van der Waals surface area (Å²) in [7, 11) is -3.79. The molecule has 8 fully saturated rings. The van der Waals surface area contributed by atoms with Gasteiger partial charge in [-0.15, -0.1) is 0 Å². The number of rotatable bonds is 7. The standard InChI is InChI=1S/C29H44O5S.C22H38O3.2CH4/c1-18-5-8-22(9-6-18)35(32,33)34-17-19(2)24-11-12-25-23-10-7-20-15-21(30)13-14-28(20,3)26(23)16-27(31)29(24,25)4;1-13(12-23)17-6-7-18-16-5-4-14-10-15(24)8-9-21(14,2)19(16)11-20(25)22(17,18)3;;/h5-6,8-9,19-21,23-27,30-31H,7,10-17H2,1-4H3;13-20,23-25H,4-12H2,1-3H3;2*1H4/t19-,20-,21-,23?,24-,25?,26?,27+,28+,29-;13-,14-,15-,16?,17-,18?,19?,20+,21+,22-;;/m11../s1. The maximum atomic E-state index is 12.8. The first kappa shape index (κ1) is 50.3. The molecule has 0 spiro atoms. The Balaban J connectivity index is 0.000000211. The Morgan fingerprint density at radius 2 is 1.05 bits per heavy atom. The lowest BCUT2D eigenvalue weighted by molar-refractivity contribution is -0.175. The molecule has 0 aromatic heterocycles. The molecular formula is C53H90O8S. The van der Waals surface area contributed by atoms with Crippen LogP contribution in [-0.2, 0) is 14.3 Å². The summed E-state index contributed by atoms with van der Waals surface area (Å²) in [6.07, 6.45) is 16.3. The van der Waals surface area contributed by atoms with Gasteiger partial charge in [-0.2, -0.15) is 8.42 Å². The third kappa shape index (κ3) is 8.24. The summed E-state index contributed by atoms with van der Waals surface area (Å²) in [6.45, 7) is 16.1. The van der Waals surface area contributed by atoms with Gasteiger partial charge in [0, 0.05) is 6.61 Å². The fourth-order valence-corrected chi connectivity index (χ4v) is 18.5. The summed E-state index contributed by atoms with van der Waals surface area (Å²) in [5, 5.41) is 53.2. The van der Waals surface area contributed by atoms with E-state index < -0.39 is 10.1 Å². The van der Waals surface area contributed by atoms with Crippen LogP contribution in [0, 0.1) is 99.6 Å². The van der Waals surface area contributed by atoms with E-state index in [0.717, 1.165) is 75.7 Å². The van der Waals surface area contributed by atoms with Crippen molar-refractivity contribution < 1.29 is 38.1 Å². The predicted molar refractivity (Wildman–Crippen MR) is 248 cm³/mol. The summed E-state index contributed by atoms with van der Waals surface area (Å²) in [5.41, 5.74) is 1.33. The van der Waals surface area contributed by atoms with Gasteiger partial charge in [0.05, 0.1) is 35.9 Å². The van der Waals surface area contributed by atoms with Crippen molar-refractivity contribution in [1.29, 1.82) is 0 Å². The number of aliphatic hydroxyl groups excluding tert-OH is 5. The molecule has 0 bridgehead atoms. The maximum absolute atomic E-state index is 12.8. The molecule has 0 saturated heterocycles. The highest BCUT2D eigenvalue weighted by atomic mass is 32.2. The van der Waals surface area contributed by atoms with Gasteiger partial charge < -0.3 is 25.5 Å². The van der Waals surface area contributed by atoms with Crippen LogP contribution in [0.3, 0.4) is 0 Å². The van der Waals surface area contributed by atoms with Crippen molar-refractivity contribution in [3.63, 3.8) is 0 Å². The van der Waals surface area contributed by atoms with Gasteiger partial charge in [-0.1, -0.05) is 74.1 Å². The van der Waals surface area contributed by atoms with Crippen LogP contribution in [-0.4, -0.2) is 71.6 Å². The second kappa shape index (κ2) is 18.5. The van der Waals surface area contributed by atoms with E-state index in [1.54, 1.807) is 24.3 Å². The van der Waals surface area contributed by atoms with E-state index in [1.807, 2.05) is 6.92 Å². The highest BCUT2D eigenvalue weighted by Crippen LogP contribution is 2.70. The minimum absolute atomic E-state index is 0. The van der Waals surface area contributed by atoms with Crippen LogP contribution < -0.4 is 0 Å². The van der Waals surface area contributed by atoms with Gasteiger partial charge in [0.2, 0.25) is 0 Å². The quantitative estimate of drug-likeness (QED) is 0.170. The van der Waals surface area contributed by atoms with Crippen LogP contribution in [0.25, 0.3) is 0 Å². The second-order valence-electron chi connectivity index (χ2n) is 23.5. The van der Waals surface area contributed by atoms with Gasteiger partial charge >= 0.3 is 0 Å². The van der Waals surface area contributed by atoms with E-state index in [4.69, 9.17) is 4.18 Å². The van der Waals surface area contributed by atoms with E-state index in [1.165, 1.54) is 38.5 Å². The molecule has 20 atom stereocenters. The fraction of sp³-hybridized carbons (Fsp3) is 0.887. The Morgan fingerprint density at radius 3 is 1.48 bits per heavy atom. The van der Waals surface area contributed by atoms with Crippen LogP contribution in [0.1, 0.15) is 165 Å². The molecule has 0 aliphatic heterocycles. The van der Waals surface area contributed by atoms with E-state index in [9.17, 15) is 34.0 Å². The molecule has 9 heteroatoms. The number of fused-ring (bicyclic) bond motifs is 10. The van der Waals surface area contributed by atoms with Gasteiger partial charge in [-0.3, -0.25) is 4.18 Å². The third-order valence-corrected chi connectivity index (χ3v) is 22.4. The lowest BCUT2D eigenvalue weighted by Gasteiger charge is -2.62. The lowest BCUT2D eigenvalue weighted by Crippen LogP contribution is -2.59. The molecule has 1 aromatic rings. The van der Waals surface area contributed by atoms with Crippen molar-refractivity contribution in [2.75, 3.05) is 13.2 Å². The Bertz CT molecular complexity index is 1770. The molecule has 0 amide bonds. The molecule has 1 aromatic carbocycles. The summed E-state index contributed by atoms with van der Waals surface area (Å²) in [6, 6.07) is 6.79. The molecule has 356 valence electrons. The van der Waals surface area contributed by atoms with Gasteiger partial charge in [0.1, 0.15) is 0 Å². The zero-order chi connectivity index (χ0) is 43.2. The highest BCUT2D eigenvalue weighted by Gasteiger charge is 2.65. The molecule has 5 N–H and O–H groups in total. The van der Waals surface area contributed by atoms with E-state index >= 15 is 0 Å². The van der Waals surface area contributed by atoms with Crippen LogP contribution in [0.5, 0.6) is 0 Å². The van der Waals surface area contributed by atoms with Crippen molar-refractivity contribution in [3.8, 4) is 0 Å². The largest absolute Gasteiger partial charge is 0.396 e. The third-order valence-electron chi connectivity index (χ3n) is 21.1.